The molecule has 2 aromatic carbocycles. The predicted octanol–water partition coefficient (Wildman–Crippen LogP) is 5.77. The first kappa shape index (κ1) is 26.2. The third-order valence-corrected chi connectivity index (χ3v) is 7.13. The fourth-order valence-electron chi connectivity index (χ4n) is 5.09. The predicted molar refractivity (Wildman–Crippen MR) is 146 cm³/mol. The second-order valence-electron chi connectivity index (χ2n) is 9.49. The molecule has 1 aliphatic heterocycles. The number of benzene rings is 2. The Kier molecular flexibility index (Phi) is 6.98. The third-order valence-electron chi connectivity index (χ3n) is 6.89. The Morgan fingerprint density at radius 2 is 1.79 bits per heavy atom. The maximum absolute atomic E-state index is 14.2. The van der Waals surface area contributed by atoms with Crippen molar-refractivity contribution < 1.29 is 14.3 Å². The number of carbonyl (C=O) groups is 1. The van der Waals surface area contributed by atoms with Crippen molar-refractivity contribution in [3.05, 3.63) is 87.8 Å². The largest absolute Gasteiger partial charge is 0.480 e. The average Bonchev–Trinajstić information content (AvgIpc) is 3.47. The lowest BCUT2D eigenvalue weighted by Crippen LogP contribution is -2.33. The van der Waals surface area contributed by atoms with Gasteiger partial charge in [0.05, 0.1) is 43.2 Å². The minimum atomic E-state index is -0.469. The minimum Gasteiger partial charge on any atom is -0.480 e. The normalized spacial score (nSPS) is 15.3. The molecule has 0 fully saturated rings. The number of hydrogen-bond acceptors (Lipinski definition) is 7. The summed E-state index contributed by atoms with van der Waals surface area (Å²) in [6, 6.07) is 16.3. The Morgan fingerprint density at radius 1 is 1.05 bits per heavy atom. The minimum absolute atomic E-state index is 0.0711. The number of amides is 1. The molecule has 0 saturated carbocycles. The first-order chi connectivity index (χ1) is 18.8. The zero-order chi connectivity index (χ0) is 27.8. The number of hydrogen-bond donors (Lipinski definition) is 0. The van der Waals surface area contributed by atoms with Gasteiger partial charge in [0.25, 0.3) is 5.91 Å². The first-order valence-electron chi connectivity index (χ1n) is 12.4. The van der Waals surface area contributed by atoms with Crippen LogP contribution in [0, 0.1) is 11.3 Å². The molecule has 9 nitrogen and oxygen atoms in total. The van der Waals surface area contributed by atoms with E-state index >= 15 is 0 Å². The molecule has 198 valence electrons. The van der Waals surface area contributed by atoms with Gasteiger partial charge in [0.2, 0.25) is 5.88 Å². The molecule has 3 heterocycles. The molecule has 0 spiro atoms. The van der Waals surface area contributed by atoms with Crippen LogP contribution in [0.2, 0.25) is 5.02 Å². The molecule has 1 amide bonds. The van der Waals surface area contributed by atoms with Gasteiger partial charge in [-0.2, -0.15) is 10.2 Å². The molecule has 0 bridgehead atoms. The molecule has 5 rings (SSSR count). The number of carbonyl (C=O) groups excluding carboxylic acids is 1. The fraction of sp³-hybridized carbons (Fsp3) is 0.276. The van der Waals surface area contributed by atoms with Crippen LogP contribution < -0.4 is 9.47 Å². The second-order valence-corrected chi connectivity index (χ2v) is 9.93. The monoisotopic (exact) mass is 542 g/mol. The molecular formula is C29H27ClN6O3. The number of methoxy groups -OCH3 is 2. The molecule has 1 aliphatic rings. The van der Waals surface area contributed by atoms with Crippen molar-refractivity contribution in [2.75, 3.05) is 14.2 Å². The van der Waals surface area contributed by atoms with Gasteiger partial charge in [0, 0.05) is 17.3 Å². The number of halogens is 1. The summed E-state index contributed by atoms with van der Waals surface area (Å²) in [6.45, 7) is 6.05. The van der Waals surface area contributed by atoms with Crippen molar-refractivity contribution in [2.45, 2.75) is 38.9 Å². The van der Waals surface area contributed by atoms with Crippen molar-refractivity contribution >= 4 is 17.5 Å². The number of fused-ring (bicyclic) bond motifs is 1. The summed E-state index contributed by atoms with van der Waals surface area (Å²) < 4.78 is 12.7. The summed E-state index contributed by atoms with van der Waals surface area (Å²) in [5.41, 5.74) is 3.95. The number of aromatic nitrogens is 4. The highest BCUT2D eigenvalue weighted by atomic mass is 35.5. The van der Waals surface area contributed by atoms with Gasteiger partial charge in [-0.05, 0) is 56.2 Å². The maximum Gasteiger partial charge on any atom is 0.319 e. The van der Waals surface area contributed by atoms with Gasteiger partial charge in [-0.25, -0.2) is 9.97 Å². The highest BCUT2D eigenvalue weighted by molar-refractivity contribution is 6.30. The molecule has 0 N–H and O–H groups in total. The molecule has 10 heteroatoms. The lowest BCUT2D eigenvalue weighted by atomic mass is 9.99. The number of imidazole rings is 1. The standard InChI is InChI=1S/C29H27ClN6O3/c1-16(2)35-25-23(33-26(35)22-15-32-29(39-5)34-27(22)38-4)28(37)36(17(3)20-7-6-8-21(30)13-20)24(25)19-11-9-18(14-31)10-12-19/h6-13,15-17,24H,1-5H3/t17-,24-/m0/s1. The number of rotatable bonds is 7. The van der Waals surface area contributed by atoms with Crippen LogP contribution in [0.15, 0.2) is 54.7 Å². The number of ether oxygens (including phenoxy) is 2. The smallest absolute Gasteiger partial charge is 0.319 e. The van der Waals surface area contributed by atoms with Crippen LogP contribution in [0.4, 0.5) is 0 Å². The van der Waals surface area contributed by atoms with Gasteiger partial charge in [-0.3, -0.25) is 4.79 Å². The van der Waals surface area contributed by atoms with Crippen LogP contribution in [-0.4, -0.2) is 44.5 Å². The van der Waals surface area contributed by atoms with Gasteiger partial charge in [0.1, 0.15) is 11.9 Å². The van der Waals surface area contributed by atoms with Crippen molar-refractivity contribution in [2.24, 2.45) is 0 Å². The van der Waals surface area contributed by atoms with Gasteiger partial charge in [-0.15, -0.1) is 0 Å². The van der Waals surface area contributed by atoms with E-state index in [1.165, 1.54) is 14.2 Å². The molecule has 0 saturated heterocycles. The SMILES string of the molecule is COc1ncc(-c2nc3c(n2C(C)C)[C@H](c2ccc(C#N)cc2)N([C@@H](C)c2cccc(Cl)c2)C3=O)c(OC)n1. The Morgan fingerprint density at radius 3 is 2.41 bits per heavy atom. The van der Waals surface area contributed by atoms with Crippen LogP contribution in [0.3, 0.4) is 0 Å². The fourth-order valence-corrected chi connectivity index (χ4v) is 5.29. The van der Waals surface area contributed by atoms with E-state index in [-0.39, 0.29) is 24.0 Å². The van der Waals surface area contributed by atoms with E-state index in [2.05, 4.69) is 16.0 Å². The summed E-state index contributed by atoms with van der Waals surface area (Å²) in [5.74, 6) is 0.608. The van der Waals surface area contributed by atoms with Crippen molar-refractivity contribution in [1.82, 2.24) is 24.4 Å². The Balaban J connectivity index is 1.74. The molecular weight excluding hydrogens is 516 g/mol. The van der Waals surface area contributed by atoms with Gasteiger partial charge < -0.3 is 18.9 Å². The summed E-state index contributed by atoms with van der Waals surface area (Å²) >= 11 is 6.31. The quantitative estimate of drug-likeness (QED) is 0.292. The Hall–Kier alpha value is -4.42. The van der Waals surface area contributed by atoms with E-state index in [0.29, 0.717) is 33.5 Å². The average molecular weight is 543 g/mol. The third kappa shape index (κ3) is 4.47. The van der Waals surface area contributed by atoms with Gasteiger partial charge in [0.15, 0.2) is 5.69 Å². The number of nitriles is 1. The van der Waals surface area contributed by atoms with Gasteiger partial charge >= 0.3 is 6.01 Å². The van der Waals surface area contributed by atoms with E-state index in [9.17, 15) is 10.1 Å². The Bertz CT molecular complexity index is 1590. The van der Waals surface area contributed by atoms with Crippen LogP contribution in [-0.2, 0) is 0 Å². The molecule has 2 atom stereocenters. The van der Waals surface area contributed by atoms with E-state index in [1.807, 2.05) is 60.6 Å². The Labute approximate surface area is 231 Å². The number of nitrogens with zero attached hydrogens (tertiary/aromatic N) is 6. The summed E-state index contributed by atoms with van der Waals surface area (Å²) in [4.78, 5) is 29.5. The molecule has 39 heavy (non-hydrogen) atoms. The van der Waals surface area contributed by atoms with Crippen molar-refractivity contribution in [3.8, 4) is 29.3 Å². The van der Waals surface area contributed by atoms with Crippen molar-refractivity contribution in [1.29, 1.82) is 5.26 Å². The molecule has 0 unspecified atom stereocenters. The molecule has 0 aliphatic carbocycles. The van der Waals surface area contributed by atoms with E-state index < -0.39 is 6.04 Å². The summed E-state index contributed by atoms with van der Waals surface area (Å²) in [5, 5.41) is 9.96. The maximum atomic E-state index is 14.2. The van der Waals surface area contributed by atoms with Gasteiger partial charge in [-0.1, -0.05) is 35.9 Å². The molecule has 0 radical (unpaired) electrons. The zero-order valence-electron chi connectivity index (χ0n) is 22.2. The summed E-state index contributed by atoms with van der Waals surface area (Å²) in [6.07, 6.45) is 1.59. The second kappa shape index (κ2) is 10.4. The topological polar surface area (TPSA) is 106 Å². The van der Waals surface area contributed by atoms with Crippen LogP contribution in [0.5, 0.6) is 11.9 Å². The highest BCUT2D eigenvalue weighted by Gasteiger charge is 2.46. The van der Waals surface area contributed by atoms with Crippen LogP contribution >= 0.6 is 11.6 Å². The molecule has 2 aromatic heterocycles. The molecule has 4 aromatic rings. The zero-order valence-corrected chi connectivity index (χ0v) is 23.0. The summed E-state index contributed by atoms with van der Waals surface area (Å²) in [7, 11) is 3.00. The van der Waals surface area contributed by atoms with Crippen molar-refractivity contribution in [3.63, 3.8) is 0 Å². The highest BCUT2D eigenvalue weighted by Crippen LogP contribution is 2.47. The van der Waals surface area contributed by atoms with Crippen LogP contribution in [0.1, 0.15) is 71.8 Å². The lowest BCUT2D eigenvalue weighted by Gasteiger charge is -2.33. The lowest BCUT2D eigenvalue weighted by molar-refractivity contribution is 0.0667. The van der Waals surface area contributed by atoms with Crippen LogP contribution in [0.25, 0.3) is 11.4 Å². The van der Waals surface area contributed by atoms with E-state index in [4.69, 9.17) is 26.1 Å². The first-order valence-corrected chi connectivity index (χ1v) is 12.8. The van der Waals surface area contributed by atoms with E-state index in [1.54, 1.807) is 24.4 Å². The van der Waals surface area contributed by atoms with E-state index in [0.717, 1.165) is 16.8 Å².